The van der Waals surface area contributed by atoms with E-state index >= 15 is 0 Å². The van der Waals surface area contributed by atoms with E-state index in [1.807, 2.05) is 0 Å². The third kappa shape index (κ3) is 7.03. The van der Waals surface area contributed by atoms with Crippen molar-refractivity contribution in [1.29, 1.82) is 0 Å². The molecule has 0 saturated carbocycles. The van der Waals surface area contributed by atoms with Gasteiger partial charge in [-0.3, -0.25) is 0 Å². The van der Waals surface area contributed by atoms with Crippen molar-refractivity contribution in [3.05, 3.63) is 0 Å². The minimum Gasteiger partial charge on any atom is -0.327 e. The SMILES string of the molecule is CCCN(C)CC[N+](C)(C)CCC. The standard InChI is InChI=1S/C11H27N2/c1-6-8-12(3)9-11-13(4,5)10-7-2/h6-11H2,1-5H3/q+1. The third-order valence-electron chi connectivity index (χ3n) is 2.52. The van der Waals surface area contributed by atoms with Crippen LogP contribution in [-0.4, -0.2) is 56.7 Å². The maximum atomic E-state index is 2.43. The van der Waals surface area contributed by atoms with E-state index < -0.39 is 0 Å². The molecule has 0 rings (SSSR count). The first-order valence-corrected chi connectivity index (χ1v) is 5.52. The lowest BCUT2D eigenvalue weighted by Gasteiger charge is -2.31. The molecule has 0 aliphatic carbocycles. The summed E-state index contributed by atoms with van der Waals surface area (Å²) in [5.41, 5.74) is 0. The molecule has 0 aromatic rings. The van der Waals surface area contributed by atoms with Crippen molar-refractivity contribution in [2.24, 2.45) is 0 Å². The van der Waals surface area contributed by atoms with Gasteiger partial charge in [0.25, 0.3) is 0 Å². The van der Waals surface area contributed by atoms with Gasteiger partial charge in [-0.25, -0.2) is 0 Å². The van der Waals surface area contributed by atoms with Gasteiger partial charge >= 0.3 is 0 Å². The Hall–Kier alpha value is -0.0800. The van der Waals surface area contributed by atoms with Crippen molar-refractivity contribution in [1.82, 2.24) is 4.90 Å². The molecule has 0 N–H and O–H groups in total. The normalized spacial score (nSPS) is 12.5. The highest BCUT2D eigenvalue weighted by Gasteiger charge is 2.13. The number of quaternary nitrogens is 1. The molecule has 0 bridgehead atoms. The van der Waals surface area contributed by atoms with E-state index in [9.17, 15) is 0 Å². The molecule has 0 saturated heterocycles. The Morgan fingerprint density at radius 3 is 2.00 bits per heavy atom. The van der Waals surface area contributed by atoms with Crippen LogP contribution in [0, 0.1) is 0 Å². The molecule has 0 heterocycles. The van der Waals surface area contributed by atoms with Gasteiger partial charge in [-0.1, -0.05) is 13.8 Å². The molecule has 0 unspecified atom stereocenters. The van der Waals surface area contributed by atoms with Crippen LogP contribution in [0.5, 0.6) is 0 Å². The summed E-state index contributed by atoms with van der Waals surface area (Å²) in [7, 11) is 6.86. The van der Waals surface area contributed by atoms with Crippen molar-refractivity contribution in [3.8, 4) is 0 Å². The first-order valence-electron chi connectivity index (χ1n) is 5.52. The fourth-order valence-electron chi connectivity index (χ4n) is 1.65. The summed E-state index contributed by atoms with van der Waals surface area (Å²) in [4.78, 5) is 2.43. The molecular formula is C11H27N2+. The van der Waals surface area contributed by atoms with Crippen LogP contribution >= 0.6 is 0 Å². The van der Waals surface area contributed by atoms with Crippen molar-refractivity contribution in [3.63, 3.8) is 0 Å². The Morgan fingerprint density at radius 2 is 1.54 bits per heavy atom. The molecule has 0 amide bonds. The zero-order valence-corrected chi connectivity index (χ0v) is 10.1. The van der Waals surface area contributed by atoms with Gasteiger partial charge < -0.3 is 9.38 Å². The van der Waals surface area contributed by atoms with Crippen molar-refractivity contribution < 1.29 is 4.48 Å². The third-order valence-corrected chi connectivity index (χ3v) is 2.52. The van der Waals surface area contributed by atoms with Crippen LogP contribution in [0.4, 0.5) is 0 Å². The summed E-state index contributed by atoms with van der Waals surface area (Å²) < 4.78 is 1.16. The molecule has 80 valence electrons. The highest BCUT2D eigenvalue weighted by Crippen LogP contribution is 1.99. The molecule has 0 aromatic carbocycles. The largest absolute Gasteiger partial charge is 0.327 e. The van der Waals surface area contributed by atoms with E-state index in [-0.39, 0.29) is 0 Å². The smallest absolute Gasteiger partial charge is 0.0911 e. The van der Waals surface area contributed by atoms with Gasteiger partial charge in [0.15, 0.2) is 0 Å². The summed E-state index contributed by atoms with van der Waals surface area (Å²) in [6.07, 6.45) is 2.54. The quantitative estimate of drug-likeness (QED) is 0.550. The molecule has 0 fully saturated rings. The number of likely N-dealkylation sites (N-methyl/N-ethyl adjacent to an activating group) is 2. The predicted octanol–water partition coefficient (Wildman–Crippen LogP) is 1.81. The zero-order valence-electron chi connectivity index (χ0n) is 10.1. The van der Waals surface area contributed by atoms with Gasteiger partial charge in [0, 0.05) is 6.54 Å². The van der Waals surface area contributed by atoms with Gasteiger partial charge in [0.1, 0.15) is 0 Å². The Labute approximate surface area is 84.1 Å². The Morgan fingerprint density at radius 1 is 0.923 bits per heavy atom. The van der Waals surface area contributed by atoms with Crippen LogP contribution in [0.1, 0.15) is 26.7 Å². The van der Waals surface area contributed by atoms with Crippen LogP contribution < -0.4 is 0 Å². The number of rotatable bonds is 7. The Bertz CT molecular complexity index is 121. The molecule has 0 aliphatic heterocycles. The van der Waals surface area contributed by atoms with Gasteiger partial charge in [-0.05, 0) is 26.4 Å². The second-order valence-corrected chi connectivity index (χ2v) is 4.69. The number of hydrogen-bond acceptors (Lipinski definition) is 1. The van der Waals surface area contributed by atoms with E-state index in [2.05, 4.69) is 39.9 Å². The zero-order chi connectivity index (χ0) is 10.3. The van der Waals surface area contributed by atoms with Crippen LogP contribution in [-0.2, 0) is 0 Å². The minimum atomic E-state index is 1.16. The average molecular weight is 187 g/mol. The highest BCUT2D eigenvalue weighted by atomic mass is 15.3. The molecular weight excluding hydrogens is 160 g/mol. The van der Waals surface area contributed by atoms with Crippen molar-refractivity contribution in [2.45, 2.75) is 26.7 Å². The molecule has 13 heavy (non-hydrogen) atoms. The van der Waals surface area contributed by atoms with E-state index in [4.69, 9.17) is 0 Å². The van der Waals surface area contributed by atoms with Crippen LogP contribution in [0.25, 0.3) is 0 Å². The minimum absolute atomic E-state index is 1.16. The molecule has 0 aliphatic rings. The van der Waals surface area contributed by atoms with Gasteiger partial charge in [-0.15, -0.1) is 0 Å². The summed E-state index contributed by atoms with van der Waals surface area (Å²) in [6, 6.07) is 0. The lowest BCUT2D eigenvalue weighted by molar-refractivity contribution is -0.889. The topological polar surface area (TPSA) is 3.24 Å². The predicted molar refractivity (Wildman–Crippen MR) is 59.9 cm³/mol. The fraction of sp³-hybridized carbons (Fsp3) is 1.00. The number of nitrogens with zero attached hydrogens (tertiary/aromatic N) is 2. The lowest BCUT2D eigenvalue weighted by atomic mass is 10.3. The van der Waals surface area contributed by atoms with Crippen molar-refractivity contribution >= 4 is 0 Å². The summed E-state index contributed by atoms with van der Waals surface area (Å²) in [6.45, 7) is 9.51. The number of hydrogen-bond donors (Lipinski definition) is 0. The van der Waals surface area contributed by atoms with Crippen LogP contribution in [0.3, 0.4) is 0 Å². The second kappa shape index (κ2) is 6.39. The molecule has 0 atom stereocenters. The Balaban J connectivity index is 3.60. The van der Waals surface area contributed by atoms with E-state index in [1.165, 1.54) is 39.0 Å². The monoisotopic (exact) mass is 187 g/mol. The summed E-state index contributed by atoms with van der Waals surface area (Å²) >= 11 is 0. The van der Waals surface area contributed by atoms with Crippen molar-refractivity contribution in [2.75, 3.05) is 47.3 Å². The molecule has 2 heteroatoms. The van der Waals surface area contributed by atoms with Crippen LogP contribution in [0.15, 0.2) is 0 Å². The fourth-order valence-corrected chi connectivity index (χ4v) is 1.65. The van der Waals surface area contributed by atoms with Gasteiger partial charge in [-0.2, -0.15) is 0 Å². The average Bonchev–Trinajstić information content (AvgIpc) is 2.02. The van der Waals surface area contributed by atoms with E-state index in [1.54, 1.807) is 0 Å². The molecule has 0 radical (unpaired) electrons. The Kier molecular flexibility index (Phi) is 6.35. The maximum Gasteiger partial charge on any atom is 0.0911 e. The molecule has 0 spiro atoms. The van der Waals surface area contributed by atoms with E-state index in [0.29, 0.717) is 0 Å². The first-order chi connectivity index (χ1) is 6.02. The van der Waals surface area contributed by atoms with Gasteiger partial charge in [0.2, 0.25) is 0 Å². The highest BCUT2D eigenvalue weighted by molar-refractivity contribution is 4.48. The second-order valence-electron chi connectivity index (χ2n) is 4.69. The summed E-state index contributed by atoms with van der Waals surface area (Å²) in [5, 5.41) is 0. The van der Waals surface area contributed by atoms with E-state index in [0.717, 1.165) is 4.48 Å². The molecule has 2 nitrogen and oxygen atoms in total. The van der Waals surface area contributed by atoms with Crippen LogP contribution in [0.2, 0.25) is 0 Å². The lowest BCUT2D eigenvalue weighted by Crippen LogP contribution is -2.45. The summed E-state index contributed by atoms with van der Waals surface area (Å²) in [5.74, 6) is 0. The first kappa shape index (κ1) is 12.9. The van der Waals surface area contributed by atoms with Gasteiger partial charge in [0.05, 0.1) is 27.2 Å². The maximum absolute atomic E-state index is 2.43. The molecule has 0 aromatic heterocycles.